The Morgan fingerprint density at radius 3 is 2.63 bits per heavy atom. The molecule has 5 N–H and O–H groups in total. The summed E-state index contributed by atoms with van der Waals surface area (Å²) in [5.74, 6) is 0.483. The molecule has 1 saturated heterocycles. The van der Waals surface area contributed by atoms with Crippen LogP contribution in [-0.4, -0.2) is 64.4 Å². The molecular formula is C17H20N5O7P. The van der Waals surface area contributed by atoms with Gasteiger partial charge in [-0.2, -0.15) is 0 Å². The Morgan fingerprint density at radius 1 is 1.13 bits per heavy atom. The minimum absolute atomic E-state index is 0.355. The predicted molar refractivity (Wildman–Crippen MR) is 103 cm³/mol. The van der Waals surface area contributed by atoms with E-state index >= 15 is 0 Å². The van der Waals surface area contributed by atoms with Crippen molar-refractivity contribution in [2.75, 3.05) is 11.9 Å². The Kier molecular flexibility index (Phi) is 5.80. The summed E-state index contributed by atoms with van der Waals surface area (Å²) in [6.07, 6.45) is -2.31. The molecule has 30 heavy (non-hydrogen) atoms. The summed E-state index contributed by atoms with van der Waals surface area (Å²) in [5.41, 5.74) is 1.84. The van der Waals surface area contributed by atoms with E-state index in [4.69, 9.17) is 14.5 Å². The molecule has 0 spiro atoms. The van der Waals surface area contributed by atoms with Crippen LogP contribution in [0, 0.1) is 0 Å². The van der Waals surface area contributed by atoms with E-state index in [1.54, 1.807) is 0 Å². The molecule has 4 rings (SSSR count). The third-order valence-corrected chi connectivity index (χ3v) is 5.17. The Labute approximate surface area is 170 Å². The van der Waals surface area contributed by atoms with Crippen LogP contribution in [0.15, 0.2) is 43.0 Å². The Hall–Kier alpha value is -2.44. The maximum atomic E-state index is 10.9. The molecule has 3 heterocycles. The van der Waals surface area contributed by atoms with Crippen LogP contribution >= 0.6 is 7.82 Å². The number of nitrogens with one attached hydrogen (secondary N) is 1. The van der Waals surface area contributed by atoms with Crippen LogP contribution in [-0.2, 0) is 20.4 Å². The molecule has 0 bridgehead atoms. The van der Waals surface area contributed by atoms with Gasteiger partial charge in [0.05, 0.1) is 12.9 Å². The van der Waals surface area contributed by atoms with Crippen molar-refractivity contribution in [3.63, 3.8) is 0 Å². The van der Waals surface area contributed by atoms with Crippen molar-refractivity contribution < 1.29 is 33.8 Å². The summed E-state index contributed by atoms with van der Waals surface area (Å²) >= 11 is 0. The molecule has 0 aliphatic carbocycles. The zero-order valence-corrected chi connectivity index (χ0v) is 16.4. The number of hydrogen-bond acceptors (Lipinski definition) is 9. The second-order valence-corrected chi connectivity index (χ2v) is 7.96. The van der Waals surface area contributed by atoms with Gasteiger partial charge in [-0.1, -0.05) is 30.3 Å². The molecule has 1 aliphatic heterocycles. The van der Waals surface area contributed by atoms with Crippen molar-refractivity contribution in [3.05, 3.63) is 48.5 Å². The fourth-order valence-corrected chi connectivity index (χ4v) is 3.56. The van der Waals surface area contributed by atoms with Gasteiger partial charge in [0.2, 0.25) is 0 Å². The highest BCUT2D eigenvalue weighted by Gasteiger charge is 2.45. The van der Waals surface area contributed by atoms with Crippen LogP contribution in [0.3, 0.4) is 0 Å². The molecule has 1 fully saturated rings. The molecule has 0 radical (unpaired) electrons. The third kappa shape index (κ3) is 4.35. The lowest BCUT2D eigenvalue weighted by Crippen LogP contribution is -2.33. The van der Waals surface area contributed by atoms with Crippen molar-refractivity contribution in [3.8, 4) is 0 Å². The van der Waals surface area contributed by atoms with E-state index < -0.39 is 39.0 Å². The first kappa shape index (κ1) is 20.8. The van der Waals surface area contributed by atoms with Crippen molar-refractivity contribution in [2.45, 2.75) is 31.1 Å². The summed E-state index contributed by atoms with van der Waals surface area (Å²) in [5, 5.41) is 23.7. The molecule has 2 unspecified atom stereocenters. The Balaban J connectivity index is 1.54. The highest BCUT2D eigenvalue weighted by atomic mass is 31.2. The molecule has 160 valence electrons. The lowest BCUT2D eigenvalue weighted by molar-refractivity contribution is -0.0504. The summed E-state index contributed by atoms with van der Waals surface area (Å²) in [6, 6.07) is 9.71. The molecule has 12 nitrogen and oxygen atoms in total. The lowest BCUT2D eigenvalue weighted by atomic mass is 10.1. The van der Waals surface area contributed by atoms with Crippen molar-refractivity contribution in [1.82, 2.24) is 19.5 Å². The number of benzene rings is 1. The molecule has 13 heteroatoms. The van der Waals surface area contributed by atoms with E-state index in [9.17, 15) is 14.8 Å². The molecule has 0 saturated carbocycles. The van der Waals surface area contributed by atoms with E-state index in [1.807, 2.05) is 30.3 Å². The van der Waals surface area contributed by atoms with E-state index in [1.165, 1.54) is 17.2 Å². The van der Waals surface area contributed by atoms with Gasteiger partial charge in [0, 0.05) is 6.54 Å². The first-order chi connectivity index (χ1) is 14.3. The molecule has 1 aromatic carbocycles. The quantitative estimate of drug-likeness (QED) is 0.319. The number of phosphoric acid groups is 1. The number of aliphatic hydroxyl groups excluding tert-OH is 2. The van der Waals surface area contributed by atoms with Crippen molar-refractivity contribution >= 4 is 24.8 Å². The number of fused-ring (bicyclic) bond motifs is 1. The van der Waals surface area contributed by atoms with Crippen LogP contribution in [0.1, 0.15) is 11.8 Å². The van der Waals surface area contributed by atoms with Crippen LogP contribution in [0.4, 0.5) is 5.82 Å². The van der Waals surface area contributed by atoms with Gasteiger partial charge < -0.3 is 30.1 Å². The SMILES string of the molecule is O=P(O)(O)OC[C@H]1O[C@@H](n2cnc3c(NCc4ccccc4)ncnc32)C(O)C1O. The third-order valence-electron chi connectivity index (χ3n) is 4.68. The van der Waals surface area contributed by atoms with Gasteiger partial charge in [-0.15, -0.1) is 0 Å². The zero-order valence-electron chi connectivity index (χ0n) is 15.5. The van der Waals surface area contributed by atoms with E-state index in [-0.39, 0.29) is 0 Å². The Morgan fingerprint density at radius 2 is 1.90 bits per heavy atom. The van der Waals surface area contributed by atoms with Crippen molar-refractivity contribution in [1.29, 1.82) is 0 Å². The van der Waals surface area contributed by atoms with E-state index in [0.29, 0.717) is 23.5 Å². The van der Waals surface area contributed by atoms with Gasteiger partial charge >= 0.3 is 7.82 Å². The van der Waals surface area contributed by atoms with Crippen LogP contribution in [0.5, 0.6) is 0 Å². The number of nitrogens with zero attached hydrogens (tertiary/aromatic N) is 4. The number of imidazole rings is 1. The standard InChI is InChI=1S/C17H20N5O7P/c23-13-11(7-28-30(25,26)27)29-17(14(13)24)22-9-21-12-15(19-8-20-16(12)22)18-6-10-4-2-1-3-5-10/h1-5,8-9,11,13-14,17,23-24H,6-7H2,(H,18,19,20)(H2,25,26,27)/t11-,13?,14?,17-/m1/s1. The van der Waals surface area contributed by atoms with E-state index in [0.717, 1.165) is 5.56 Å². The van der Waals surface area contributed by atoms with Gasteiger partial charge in [-0.25, -0.2) is 19.5 Å². The maximum Gasteiger partial charge on any atom is 0.469 e. The number of ether oxygens (including phenoxy) is 1. The maximum absolute atomic E-state index is 10.9. The van der Waals surface area contributed by atoms with Gasteiger partial charge in [0.25, 0.3) is 0 Å². The normalized spacial score (nSPS) is 24.4. The minimum Gasteiger partial charge on any atom is -0.387 e. The zero-order chi connectivity index (χ0) is 21.3. The number of anilines is 1. The monoisotopic (exact) mass is 437 g/mol. The molecule has 0 amide bonds. The van der Waals surface area contributed by atoms with Gasteiger partial charge in [-0.3, -0.25) is 9.09 Å². The average Bonchev–Trinajstić information content (AvgIpc) is 3.27. The van der Waals surface area contributed by atoms with Crippen LogP contribution in [0.2, 0.25) is 0 Å². The fraction of sp³-hybridized carbons (Fsp3) is 0.353. The minimum atomic E-state index is -4.74. The topological polar surface area (TPSA) is 172 Å². The Bertz CT molecular complexity index is 1060. The van der Waals surface area contributed by atoms with Crippen molar-refractivity contribution in [2.24, 2.45) is 0 Å². The van der Waals surface area contributed by atoms with Gasteiger partial charge in [0.15, 0.2) is 23.2 Å². The fourth-order valence-electron chi connectivity index (χ4n) is 3.22. The number of rotatable bonds is 7. The van der Waals surface area contributed by atoms with E-state index in [2.05, 4.69) is 24.8 Å². The highest BCUT2D eigenvalue weighted by molar-refractivity contribution is 7.46. The molecule has 4 atom stereocenters. The summed E-state index contributed by atoms with van der Waals surface area (Å²) in [4.78, 5) is 30.4. The van der Waals surface area contributed by atoms with Crippen LogP contribution < -0.4 is 5.32 Å². The summed E-state index contributed by atoms with van der Waals surface area (Å²) in [6.45, 7) is -0.0760. The number of phosphoric ester groups is 1. The number of aliphatic hydroxyl groups is 2. The molecular weight excluding hydrogens is 417 g/mol. The first-order valence-corrected chi connectivity index (χ1v) is 10.5. The smallest absolute Gasteiger partial charge is 0.387 e. The van der Waals surface area contributed by atoms with Gasteiger partial charge in [0.1, 0.15) is 24.6 Å². The summed E-state index contributed by atoms with van der Waals surface area (Å²) in [7, 11) is -4.74. The second kappa shape index (κ2) is 8.36. The predicted octanol–water partition coefficient (Wildman–Crippen LogP) is 0.167. The average molecular weight is 437 g/mol. The summed E-state index contributed by atoms with van der Waals surface area (Å²) < 4.78 is 22.3. The largest absolute Gasteiger partial charge is 0.469 e. The first-order valence-electron chi connectivity index (χ1n) is 9.00. The molecule has 1 aliphatic rings. The van der Waals surface area contributed by atoms with Crippen LogP contribution in [0.25, 0.3) is 11.2 Å². The van der Waals surface area contributed by atoms with Gasteiger partial charge in [-0.05, 0) is 5.56 Å². The number of hydrogen-bond donors (Lipinski definition) is 5. The molecule has 3 aromatic rings. The number of aromatic nitrogens is 4. The highest BCUT2D eigenvalue weighted by Crippen LogP contribution is 2.38. The lowest BCUT2D eigenvalue weighted by Gasteiger charge is -2.16. The second-order valence-electron chi connectivity index (χ2n) is 6.72. The molecule has 2 aromatic heterocycles.